The van der Waals surface area contributed by atoms with Crippen LogP contribution in [0.5, 0.6) is 5.75 Å². The van der Waals surface area contributed by atoms with E-state index in [0.29, 0.717) is 10.7 Å². The molecule has 0 aliphatic carbocycles. The Labute approximate surface area is 117 Å². The zero-order valence-corrected chi connectivity index (χ0v) is 11.5. The van der Waals surface area contributed by atoms with Gasteiger partial charge in [0.2, 0.25) is 0 Å². The largest absolute Gasteiger partial charge is 0.494 e. The zero-order valence-electron chi connectivity index (χ0n) is 10.8. The summed E-state index contributed by atoms with van der Waals surface area (Å²) in [6.45, 7) is 1.99. The highest BCUT2D eigenvalue weighted by Crippen LogP contribution is 2.25. The Morgan fingerprint density at radius 3 is 2.63 bits per heavy atom. The van der Waals surface area contributed by atoms with Gasteiger partial charge in [0.15, 0.2) is 11.6 Å². The highest BCUT2D eigenvalue weighted by Gasteiger charge is 2.08. The van der Waals surface area contributed by atoms with Gasteiger partial charge in [0.25, 0.3) is 0 Å². The van der Waals surface area contributed by atoms with E-state index in [2.05, 4.69) is 5.32 Å². The fraction of sp³-hybridized carbons (Fsp3) is 0.200. The second-order valence-corrected chi connectivity index (χ2v) is 4.71. The lowest BCUT2D eigenvalue weighted by molar-refractivity contribution is 0.386. The number of hydrogen-bond acceptors (Lipinski definition) is 2. The van der Waals surface area contributed by atoms with Crippen LogP contribution in [0.3, 0.4) is 0 Å². The first kappa shape index (κ1) is 13.7. The van der Waals surface area contributed by atoms with E-state index in [4.69, 9.17) is 16.3 Å². The lowest BCUT2D eigenvalue weighted by Crippen LogP contribution is -2.06. The third-order valence-corrected chi connectivity index (χ3v) is 3.12. The second kappa shape index (κ2) is 5.93. The van der Waals surface area contributed by atoms with Crippen LogP contribution in [0.15, 0.2) is 42.5 Å². The molecule has 100 valence electrons. The van der Waals surface area contributed by atoms with Gasteiger partial charge in [0, 0.05) is 22.8 Å². The Kier molecular flexibility index (Phi) is 4.27. The maximum absolute atomic E-state index is 13.6. The minimum absolute atomic E-state index is 0.0338. The predicted molar refractivity (Wildman–Crippen MR) is 76.4 cm³/mol. The normalized spacial score (nSPS) is 12.0. The van der Waals surface area contributed by atoms with E-state index in [1.54, 1.807) is 12.1 Å². The van der Waals surface area contributed by atoms with Crippen LogP contribution in [0.1, 0.15) is 18.5 Å². The number of anilines is 1. The molecule has 0 aromatic heterocycles. The maximum Gasteiger partial charge on any atom is 0.167 e. The highest BCUT2D eigenvalue weighted by atomic mass is 35.5. The van der Waals surface area contributed by atoms with E-state index in [1.165, 1.54) is 13.2 Å². The van der Waals surface area contributed by atoms with Crippen LogP contribution in [-0.4, -0.2) is 7.11 Å². The van der Waals surface area contributed by atoms with E-state index in [0.717, 1.165) is 5.56 Å². The summed E-state index contributed by atoms with van der Waals surface area (Å²) < 4.78 is 18.5. The van der Waals surface area contributed by atoms with Crippen molar-refractivity contribution in [1.29, 1.82) is 0 Å². The molecule has 1 unspecified atom stereocenters. The summed E-state index contributed by atoms with van der Waals surface area (Å²) in [4.78, 5) is 0. The average molecular weight is 280 g/mol. The molecule has 2 rings (SSSR count). The lowest BCUT2D eigenvalue weighted by atomic mass is 10.1. The molecule has 1 N–H and O–H groups in total. The van der Waals surface area contributed by atoms with Crippen LogP contribution in [-0.2, 0) is 0 Å². The van der Waals surface area contributed by atoms with Crippen molar-refractivity contribution in [2.45, 2.75) is 13.0 Å². The topological polar surface area (TPSA) is 21.3 Å². The highest BCUT2D eigenvalue weighted by molar-refractivity contribution is 6.30. The SMILES string of the molecule is COc1ccc(NC(C)c2cccc(Cl)c2)cc1F. The van der Waals surface area contributed by atoms with Crippen LogP contribution < -0.4 is 10.1 Å². The Balaban J connectivity index is 2.14. The van der Waals surface area contributed by atoms with Crippen molar-refractivity contribution in [3.05, 3.63) is 58.9 Å². The molecular weight excluding hydrogens is 265 g/mol. The molecule has 0 radical (unpaired) electrons. The van der Waals surface area contributed by atoms with E-state index in [-0.39, 0.29) is 17.6 Å². The third kappa shape index (κ3) is 3.38. The minimum Gasteiger partial charge on any atom is -0.494 e. The summed E-state index contributed by atoms with van der Waals surface area (Å²) in [7, 11) is 1.44. The monoisotopic (exact) mass is 279 g/mol. The number of rotatable bonds is 4. The van der Waals surface area contributed by atoms with Gasteiger partial charge in [0.1, 0.15) is 0 Å². The smallest absolute Gasteiger partial charge is 0.167 e. The Bertz CT molecular complexity index is 574. The standard InChI is InChI=1S/C15H15ClFNO/c1-10(11-4-3-5-12(16)8-11)18-13-6-7-15(19-2)14(17)9-13/h3-10,18H,1-2H3. The molecule has 0 spiro atoms. The fourth-order valence-corrected chi connectivity index (χ4v) is 2.06. The molecule has 0 saturated heterocycles. The van der Waals surface area contributed by atoms with Crippen molar-refractivity contribution in [2.75, 3.05) is 12.4 Å². The van der Waals surface area contributed by atoms with Crippen molar-refractivity contribution < 1.29 is 9.13 Å². The summed E-state index contributed by atoms with van der Waals surface area (Å²) >= 11 is 5.95. The molecule has 1 atom stereocenters. The first-order valence-electron chi connectivity index (χ1n) is 5.95. The molecule has 0 saturated carbocycles. The van der Waals surface area contributed by atoms with Gasteiger partial charge in [-0.05, 0) is 36.8 Å². The first-order chi connectivity index (χ1) is 9.10. The quantitative estimate of drug-likeness (QED) is 0.879. The van der Waals surface area contributed by atoms with Gasteiger partial charge in [-0.2, -0.15) is 0 Å². The maximum atomic E-state index is 13.6. The first-order valence-corrected chi connectivity index (χ1v) is 6.33. The van der Waals surface area contributed by atoms with Crippen LogP contribution in [0, 0.1) is 5.82 Å². The molecule has 0 amide bonds. The minimum atomic E-state index is -0.384. The predicted octanol–water partition coefficient (Wildman–Crippen LogP) is 4.66. The molecular formula is C15H15ClFNO. The van der Waals surface area contributed by atoms with Gasteiger partial charge in [0.05, 0.1) is 7.11 Å². The molecule has 0 bridgehead atoms. The summed E-state index contributed by atoms with van der Waals surface area (Å²) in [6, 6.07) is 12.4. The number of hydrogen-bond donors (Lipinski definition) is 1. The summed E-state index contributed by atoms with van der Waals surface area (Å²) in [5, 5.41) is 3.91. The van der Waals surface area contributed by atoms with E-state index in [1.807, 2.05) is 31.2 Å². The lowest BCUT2D eigenvalue weighted by Gasteiger charge is -2.16. The van der Waals surface area contributed by atoms with Crippen molar-refractivity contribution in [3.63, 3.8) is 0 Å². The van der Waals surface area contributed by atoms with Gasteiger partial charge in [-0.15, -0.1) is 0 Å². The van der Waals surface area contributed by atoms with Crippen LogP contribution in [0.2, 0.25) is 5.02 Å². The molecule has 2 nitrogen and oxygen atoms in total. The summed E-state index contributed by atoms with van der Waals surface area (Å²) in [5.41, 5.74) is 1.74. The number of ether oxygens (including phenoxy) is 1. The fourth-order valence-electron chi connectivity index (χ4n) is 1.87. The van der Waals surface area contributed by atoms with E-state index >= 15 is 0 Å². The van der Waals surface area contributed by atoms with E-state index in [9.17, 15) is 4.39 Å². The van der Waals surface area contributed by atoms with Gasteiger partial charge in [-0.25, -0.2) is 4.39 Å². The number of nitrogens with one attached hydrogen (secondary N) is 1. The van der Waals surface area contributed by atoms with E-state index < -0.39 is 0 Å². The van der Waals surface area contributed by atoms with Crippen LogP contribution in [0.4, 0.5) is 10.1 Å². The zero-order chi connectivity index (χ0) is 13.8. The second-order valence-electron chi connectivity index (χ2n) is 4.27. The molecule has 0 aliphatic heterocycles. The van der Waals surface area contributed by atoms with Crippen molar-refractivity contribution in [3.8, 4) is 5.75 Å². The van der Waals surface area contributed by atoms with Crippen LogP contribution in [0.25, 0.3) is 0 Å². The Morgan fingerprint density at radius 2 is 2.00 bits per heavy atom. The van der Waals surface area contributed by atoms with Crippen molar-refractivity contribution >= 4 is 17.3 Å². The third-order valence-electron chi connectivity index (χ3n) is 2.88. The van der Waals surface area contributed by atoms with Gasteiger partial charge < -0.3 is 10.1 Å². The number of methoxy groups -OCH3 is 1. The van der Waals surface area contributed by atoms with Crippen molar-refractivity contribution in [1.82, 2.24) is 0 Å². The number of halogens is 2. The summed E-state index contributed by atoms with van der Waals surface area (Å²) in [6.07, 6.45) is 0. The molecule has 0 aliphatic rings. The molecule has 0 heterocycles. The Hall–Kier alpha value is -1.74. The van der Waals surface area contributed by atoms with Gasteiger partial charge in [-0.1, -0.05) is 23.7 Å². The molecule has 2 aromatic carbocycles. The van der Waals surface area contributed by atoms with Gasteiger partial charge in [-0.3, -0.25) is 0 Å². The number of benzene rings is 2. The molecule has 0 fully saturated rings. The van der Waals surface area contributed by atoms with Crippen LogP contribution >= 0.6 is 11.6 Å². The Morgan fingerprint density at radius 1 is 1.21 bits per heavy atom. The molecule has 4 heteroatoms. The van der Waals surface area contributed by atoms with Crippen molar-refractivity contribution in [2.24, 2.45) is 0 Å². The van der Waals surface area contributed by atoms with Gasteiger partial charge >= 0.3 is 0 Å². The average Bonchev–Trinajstić information content (AvgIpc) is 2.39. The summed E-state index contributed by atoms with van der Waals surface area (Å²) in [5.74, 6) is -0.147. The molecule has 19 heavy (non-hydrogen) atoms. The molecule has 2 aromatic rings.